The first kappa shape index (κ1) is 15.6. The fraction of sp³-hybridized carbons (Fsp3) is 0.353. The van der Waals surface area contributed by atoms with E-state index >= 15 is 0 Å². The summed E-state index contributed by atoms with van der Waals surface area (Å²) in [7, 11) is 0. The molecule has 0 saturated carbocycles. The van der Waals surface area contributed by atoms with Crippen LogP contribution in [0.2, 0.25) is 5.02 Å². The van der Waals surface area contributed by atoms with Gasteiger partial charge in [0.1, 0.15) is 0 Å². The number of nitrogens with one attached hydrogen (secondary N) is 1. The number of hydrogen-bond donors (Lipinski definition) is 2. The standard InChI is InChI=1S/C17H20ClNO2/c1-6-12-14(17(20)21)11(5)16(19-12)13-8(2)7-9(3)15(18)10(13)4/h7,19H,6H2,1-5H3,(H,20,21). The van der Waals surface area contributed by atoms with Gasteiger partial charge in [-0.05, 0) is 56.4 Å². The van der Waals surface area contributed by atoms with Gasteiger partial charge in [0.25, 0.3) is 0 Å². The van der Waals surface area contributed by atoms with Crippen molar-refractivity contribution >= 4 is 17.6 Å². The normalized spacial score (nSPS) is 11.0. The third-order valence-electron chi connectivity index (χ3n) is 4.02. The van der Waals surface area contributed by atoms with E-state index in [1.165, 1.54) is 0 Å². The summed E-state index contributed by atoms with van der Waals surface area (Å²) in [6.07, 6.45) is 0.653. The highest BCUT2D eigenvalue weighted by Crippen LogP contribution is 2.37. The van der Waals surface area contributed by atoms with E-state index in [4.69, 9.17) is 11.6 Å². The molecule has 1 heterocycles. The van der Waals surface area contributed by atoms with Crippen LogP contribution in [0.15, 0.2) is 6.07 Å². The number of carbonyl (C=O) groups is 1. The molecule has 0 aliphatic heterocycles. The summed E-state index contributed by atoms with van der Waals surface area (Å²) in [6.45, 7) is 9.78. The molecular formula is C17H20ClNO2. The van der Waals surface area contributed by atoms with Gasteiger partial charge in [0.05, 0.1) is 11.3 Å². The molecule has 2 rings (SSSR count). The van der Waals surface area contributed by atoms with Gasteiger partial charge in [-0.15, -0.1) is 0 Å². The van der Waals surface area contributed by atoms with Crippen molar-refractivity contribution in [3.05, 3.63) is 44.6 Å². The molecule has 3 nitrogen and oxygen atoms in total. The highest BCUT2D eigenvalue weighted by atomic mass is 35.5. The molecule has 0 fully saturated rings. The van der Waals surface area contributed by atoms with Crippen molar-refractivity contribution in [2.75, 3.05) is 0 Å². The second-order valence-corrected chi connectivity index (χ2v) is 5.84. The number of aromatic amines is 1. The third-order valence-corrected chi connectivity index (χ3v) is 4.60. The molecule has 21 heavy (non-hydrogen) atoms. The van der Waals surface area contributed by atoms with Gasteiger partial charge in [-0.2, -0.15) is 0 Å². The molecule has 0 radical (unpaired) electrons. The molecule has 0 spiro atoms. The zero-order chi connectivity index (χ0) is 15.9. The quantitative estimate of drug-likeness (QED) is 0.853. The zero-order valence-electron chi connectivity index (χ0n) is 13.0. The summed E-state index contributed by atoms with van der Waals surface area (Å²) in [5, 5.41) is 10.2. The van der Waals surface area contributed by atoms with Crippen LogP contribution < -0.4 is 0 Å². The van der Waals surface area contributed by atoms with Gasteiger partial charge in [0.2, 0.25) is 0 Å². The topological polar surface area (TPSA) is 53.1 Å². The first-order valence-electron chi connectivity index (χ1n) is 7.00. The average molecular weight is 306 g/mol. The minimum Gasteiger partial charge on any atom is -0.478 e. The number of aromatic nitrogens is 1. The number of carboxylic acid groups (broad SMARTS) is 1. The first-order chi connectivity index (χ1) is 9.79. The molecule has 1 aromatic carbocycles. The van der Waals surface area contributed by atoms with Crippen LogP contribution in [-0.4, -0.2) is 16.1 Å². The molecule has 112 valence electrons. The van der Waals surface area contributed by atoms with Crippen LogP contribution in [0.3, 0.4) is 0 Å². The Bertz CT molecular complexity index is 729. The van der Waals surface area contributed by atoms with Crippen LogP contribution >= 0.6 is 11.6 Å². The maximum Gasteiger partial charge on any atom is 0.337 e. The minimum absolute atomic E-state index is 0.378. The van der Waals surface area contributed by atoms with Crippen LogP contribution in [0, 0.1) is 27.7 Å². The lowest BCUT2D eigenvalue weighted by atomic mass is 9.94. The molecule has 0 aliphatic rings. The number of aromatic carboxylic acids is 1. The number of halogens is 1. The molecule has 0 unspecified atom stereocenters. The van der Waals surface area contributed by atoms with E-state index in [9.17, 15) is 9.90 Å². The lowest BCUT2D eigenvalue weighted by Gasteiger charge is -2.14. The summed E-state index contributed by atoms with van der Waals surface area (Å²) in [5.74, 6) is -0.889. The molecule has 2 aromatic rings. The summed E-state index contributed by atoms with van der Waals surface area (Å²) in [4.78, 5) is 14.8. The maximum absolute atomic E-state index is 11.5. The maximum atomic E-state index is 11.5. The molecule has 0 bridgehead atoms. The Hall–Kier alpha value is -1.74. The van der Waals surface area contributed by atoms with E-state index in [0.717, 1.165) is 44.2 Å². The second-order valence-electron chi connectivity index (χ2n) is 5.46. The van der Waals surface area contributed by atoms with Gasteiger partial charge >= 0.3 is 5.97 Å². The van der Waals surface area contributed by atoms with Crippen LogP contribution in [0.1, 0.15) is 45.2 Å². The number of rotatable bonds is 3. The average Bonchev–Trinajstić information content (AvgIpc) is 2.73. The van der Waals surface area contributed by atoms with Gasteiger partial charge in [-0.25, -0.2) is 4.79 Å². The molecular weight excluding hydrogens is 286 g/mol. The fourth-order valence-electron chi connectivity index (χ4n) is 3.01. The Balaban J connectivity index is 2.80. The van der Waals surface area contributed by atoms with Crippen molar-refractivity contribution in [2.45, 2.75) is 41.0 Å². The van der Waals surface area contributed by atoms with Gasteiger partial charge < -0.3 is 10.1 Å². The van der Waals surface area contributed by atoms with Crippen LogP contribution in [0.4, 0.5) is 0 Å². The van der Waals surface area contributed by atoms with E-state index in [0.29, 0.717) is 12.0 Å². The van der Waals surface area contributed by atoms with E-state index in [-0.39, 0.29) is 0 Å². The smallest absolute Gasteiger partial charge is 0.337 e. The second kappa shape index (κ2) is 5.57. The first-order valence-corrected chi connectivity index (χ1v) is 7.38. The third kappa shape index (κ3) is 2.46. The van der Waals surface area contributed by atoms with Crippen molar-refractivity contribution in [3.63, 3.8) is 0 Å². The lowest BCUT2D eigenvalue weighted by Crippen LogP contribution is -2.01. The molecule has 0 atom stereocenters. The van der Waals surface area contributed by atoms with Gasteiger partial charge in [-0.1, -0.05) is 24.6 Å². The zero-order valence-corrected chi connectivity index (χ0v) is 13.8. The summed E-state index contributed by atoms with van der Waals surface area (Å²) in [5.41, 5.74) is 6.88. The number of H-pyrrole nitrogens is 1. The Morgan fingerprint density at radius 1 is 1.19 bits per heavy atom. The van der Waals surface area contributed by atoms with Crippen molar-refractivity contribution in [2.24, 2.45) is 0 Å². The van der Waals surface area contributed by atoms with Gasteiger partial charge in [0, 0.05) is 16.3 Å². The molecule has 0 amide bonds. The van der Waals surface area contributed by atoms with Crippen molar-refractivity contribution in [1.82, 2.24) is 4.98 Å². The number of hydrogen-bond acceptors (Lipinski definition) is 1. The monoisotopic (exact) mass is 305 g/mol. The summed E-state index contributed by atoms with van der Waals surface area (Å²) >= 11 is 6.37. The van der Waals surface area contributed by atoms with E-state index in [1.807, 2.05) is 40.7 Å². The highest BCUT2D eigenvalue weighted by molar-refractivity contribution is 6.32. The van der Waals surface area contributed by atoms with Crippen molar-refractivity contribution in [1.29, 1.82) is 0 Å². The number of aryl methyl sites for hydroxylation is 3. The summed E-state index contributed by atoms with van der Waals surface area (Å²) < 4.78 is 0. The van der Waals surface area contributed by atoms with Crippen LogP contribution in [-0.2, 0) is 6.42 Å². The Labute approximate surface area is 130 Å². The molecule has 1 aromatic heterocycles. The Morgan fingerprint density at radius 3 is 2.29 bits per heavy atom. The molecule has 2 N–H and O–H groups in total. The van der Waals surface area contributed by atoms with Crippen molar-refractivity contribution < 1.29 is 9.90 Å². The Morgan fingerprint density at radius 2 is 1.81 bits per heavy atom. The highest BCUT2D eigenvalue weighted by Gasteiger charge is 2.22. The number of carboxylic acids is 1. The number of benzene rings is 1. The predicted octanol–water partition coefficient (Wildman–Crippen LogP) is 4.83. The molecule has 0 aliphatic carbocycles. The van der Waals surface area contributed by atoms with Gasteiger partial charge in [-0.3, -0.25) is 0 Å². The summed E-state index contributed by atoms with van der Waals surface area (Å²) in [6, 6.07) is 2.04. The van der Waals surface area contributed by atoms with Crippen LogP contribution in [0.25, 0.3) is 11.3 Å². The predicted molar refractivity (Wildman–Crippen MR) is 86.5 cm³/mol. The van der Waals surface area contributed by atoms with Gasteiger partial charge in [0.15, 0.2) is 0 Å². The van der Waals surface area contributed by atoms with Crippen LogP contribution in [0.5, 0.6) is 0 Å². The lowest BCUT2D eigenvalue weighted by molar-refractivity contribution is 0.0695. The van der Waals surface area contributed by atoms with E-state index < -0.39 is 5.97 Å². The molecule has 0 saturated heterocycles. The SMILES string of the molecule is CCc1[nH]c(-c2c(C)cc(C)c(Cl)c2C)c(C)c1C(=O)O. The Kier molecular flexibility index (Phi) is 4.15. The van der Waals surface area contributed by atoms with E-state index in [2.05, 4.69) is 4.98 Å². The molecule has 4 heteroatoms. The largest absolute Gasteiger partial charge is 0.478 e. The van der Waals surface area contributed by atoms with Crippen molar-refractivity contribution in [3.8, 4) is 11.3 Å². The fourth-order valence-corrected chi connectivity index (χ4v) is 3.16. The minimum atomic E-state index is -0.889. The van der Waals surface area contributed by atoms with E-state index in [1.54, 1.807) is 0 Å².